The molecule has 2 rings (SSSR count). The fourth-order valence-corrected chi connectivity index (χ4v) is 3.58. The molecule has 0 aliphatic carbocycles. The molecule has 1 N–H and O–H groups in total. The molecule has 4 heteroatoms. The van der Waals surface area contributed by atoms with Crippen molar-refractivity contribution in [3.05, 3.63) is 21.9 Å². The van der Waals surface area contributed by atoms with Crippen LogP contribution in [0.15, 0.2) is 12.1 Å². The molecule has 1 atom stereocenters. The topological polar surface area (TPSA) is 18.5 Å². The average Bonchev–Trinajstić information content (AvgIpc) is 2.95. The van der Waals surface area contributed by atoms with E-state index in [-0.39, 0.29) is 0 Å². The van der Waals surface area contributed by atoms with Gasteiger partial charge in [-0.05, 0) is 52.5 Å². The predicted octanol–water partition coefficient (Wildman–Crippen LogP) is 2.17. The summed E-state index contributed by atoms with van der Waals surface area (Å²) in [6, 6.07) is 5.19. The Morgan fingerprint density at radius 1 is 1.47 bits per heavy atom. The van der Waals surface area contributed by atoms with Crippen LogP contribution in [0.1, 0.15) is 22.6 Å². The van der Waals surface area contributed by atoms with Crippen LogP contribution in [-0.4, -0.2) is 56.1 Å². The van der Waals surface area contributed by atoms with Crippen LogP contribution in [0.25, 0.3) is 0 Å². The summed E-state index contributed by atoms with van der Waals surface area (Å²) < 4.78 is 0. The van der Waals surface area contributed by atoms with Crippen molar-refractivity contribution in [1.82, 2.24) is 15.1 Å². The number of nitrogens with zero attached hydrogens (tertiary/aromatic N) is 2. The Labute approximate surface area is 121 Å². The molecule has 0 radical (unpaired) electrons. The third-order valence-electron chi connectivity index (χ3n) is 3.96. The third kappa shape index (κ3) is 4.88. The Kier molecular flexibility index (Phi) is 5.82. The Hall–Kier alpha value is -0.420. The molecule has 0 saturated carbocycles. The molecule has 19 heavy (non-hydrogen) atoms. The molecule has 1 fully saturated rings. The van der Waals surface area contributed by atoms with Crippen LogP contribution in [0.3, 0.4) is 0 Å². The van der Waals surface area contributed by atoms with E-state index in [2.05, 4.69) is 48.3 Å². The molecule has 0 bridgehead atoms. The van der Waals surface area contributed by atoms with Gasteiger partial charge in [-0.15, -0.1) is 11.3 Å². The summed E-state index contributed by atoms with van der Waals surface area (Å²) in [4.78, 5) is 7.80. The van der Waals surface area contributed by atoms with Gasteiger partial charge in [0.05, 0.1) is 0 Å². The zero-order valence-corrected chi connectivity index (χ0v) is 13.3. The first-order chi connectivity index (χ1) is 9.15. The minimum Gasteiger partial charge on any atom is -0.311 e. The van der Waals surface area contributed by atoms with Gasteiger partial charge in [0.2, 0.25) is 0 Å². The van der Waals surface area contributed by atoms with Crippen LogP contribution in [0.4, 0.5) is 0 Å². The molecule has 1 aromatic rings. The normalized spacial score (nSPS) is 20.5. The van der Waals surface area contributed by atoms with Gasteiger partial charge in [-0.3, -0.25) is 0 Å². The minimum absolute atomic E-state index is 0.768. The molecule has 0 aromatic carbocycles. The Morgan fingerprint density at radius 3 is 2.95 bits per heavy atom. The van der Waals surface area contributed by atoms with E-state index >= 15 is 0 Å². The van der Waals surface area contributed by atoms with E-state index < -0.39 is 0 Å². The number of likely N-dealkylation sites (N-methyl/N-ethyl adjacent to an activating group) is 2. The number of rotatable bonds is 7. The zero-order chi connectivity index (χ0) is 13.7. The van der Waals surface area contributed by atoms with Gasteiger partial charge >= 0.3 is 0 Å². The summed E-state index contributed by atoms with van der Waals surface area (Å²) in [6.45, 7) is 7.86. The van der Waals surface area contributed by atoms with Crippen molar-refractivity contribution < 1.29 is 0 Å². The van der Waals surface area contributed by atoms with Crippen molar-refractivity contribution in [2.24, 2.45) is 0 Å². The first kappa shape index (κ1) is 15.0. The van der Waals surface area contributed by atoms with E-state index in [4.69, 9.17) is 0 Å². The van der Waals surface area contributed by atoms with Crippen LogP contribution < -0.4 is 5.32 Å². The lowest BCUT2D eigenvalue weighted by Gasteiger charge is -2.25. The van der Waals surface area contributed by atoms with Gasteiger partial charge in [-0.25, -0.2) is 0 Å². The van der Waals surface area contributed by atoms with Crippen molar-refractivity contribution in [3.63, 3.8) is 0 Å². The smallest absolute Gasteiger partial charge is 0.0300 e. The summed E-state index contributed by atoms with van der Waals surface area (Å²) in [5.74, 6) is 0. The maximum Gasteiger partial charge on any atom is 0.0300 e. The molecule has 1 aliphatic heterocycles. The second-order valence-corrected chi connectivity index (χ2v) is 7.10. The highest BCUT2D eigenvalue weighted by Gasteiger charge is 2.21. The van der Waals surface area contributed by atoms with Crippen molar-refractivity contribution in [1.29, 1.82) is 0 Å². The molecule has 3 nitrogen and oxygen atoms in total. The SMILES string of the molecule is Cc1ccc(CNCCN(C)CC2CCCN2C)s1. The largest absolute Gasteiger partial charge is 0.311 e. The molecular formula is C15H27N3S. The standard InChI is InChI=1S/C15H27N3S/c1-13-6-7-15(19-13)11-16-8-10-17(2)12-14-5-4-9-18(14)3/h6-7,14,16H,4-5,8-12H2,1-3H3. The highest BCUT2D eigenvalue weighted by atomic mass is 32.1. The fourth-order valence-electron chi connectivity index (χ4n) is 2.72. The van der Waals surface area contributed by atoms with E-state index in [9.17, 15) is 0 Å². The number of hydrogen-bond donors (Lipinski definition) is 1. The number of thiophene rings is 1. The predicted molar refractivity (Wildman–Crippen MR) is 83.9 cm³/mol. The molecule has 1 saturated heterocycles. The summed E-state index contributed by atoms with van der Waals surface area (Å²) in [7, 11) is 4.49. The van der Waals surface area contributed by atoms with Crippen LogP contribution in [0.5, 0.6) is 0 Å². The molecule has 1 aliphatic rings. The van der Waals surface area contributed by atoms with Gasteiger partial charge in [0, 0.05) is 42.0 Å². The second-order valence-electron chi connectivity index (χ2n) is 5.73. The number of aryl methyl sites for hydroxylation is 1. The van der Waals surface area contributed by atoms with Gasteiger partial charge in [0.1, 0.15) is 0 Å². The lowest BCUT2D eigenvalue weighted by atomic mass is 10.2. The Balaban J connectivity index is 1.57. The van der Waals surface area contributed by atoms with Gasteiger partial charge in [0.15, 0.2) is 0 Å². The van der Waals surface area contributed by atoms with Crippen molar-refractivity contribution in [2.45, 2.75) is 32.4 Å². The van der Waals surface area contributed by atoms with Crippen LogP contribution in [0.2, 0.25) is 0 Å². The first-order valence-corrected chi connectivity index (χ1v) is 8.11. The van der Waals surface area contributed by atoms with Crippen LogP contribution >= 0.6 is 11.3 Å². The molecule has 0 spiro atoms. The highest BCUT2D eigenvalue weighted by Crippen LogP contribution is 2.15. The number of hydrogen-bond acceptors (Lipinski definition) is 4. The van der Waals surface area contributed by atoms with Crippen molar-refractivity contribution in [2.75, 3.05) is 40.3 Å². The molecule has 1 aromatic heterocycles. The van der Waals surface area contributed by atoms with Crippen LogP contribution in [-0.2, 0) is 6.54 Å². The van der Waals surface area contributed by atoms with Gasteiger partial charge < -0.3 is 15.1 Å². The average molecular weight is 281 g/mol. The van der Waals surface area contributed by atoms with E-state index in [1.54, 1.807) is 0 Å². The van der Waals surface area contributed by atoms with Crippen molar-refractivity contribution >= 4 is 11.3 Å². The maximum absolute atomic E-state index is 3.54. The van der Waals surface area contributed by atoms with Gasteiger partial charge in [-0.2, -0.15) is 0 Å². The monoisotopic (exact) mass is 281 g/mol. The Bertz CT molecular complexity index is 377. The lowest BCUT2D eigenvalue weighted by molar-refractivity contribution is 0.220. The molecule has 2 heterocycles. The highest BCUT2D eigenvalue weighted by molar-refractivity contribution is 7.11. The van der Waals surface area contributed by atoms with E-state index in [0.717, 1.165) is 25.7 Å². The van der Waals surface area contributed by atoms with E-state index in [0.29, 0.717) is 0 Å². The second kappa shape index (κ2) is 7.39. The van der Waals surface area contributed by atoms with Gasteiger partial charge in [0.25, 0.3) is 0 Å². The molecule has 0 amide bonds. The summed E-state index contributed by atoms with van der Waals surface area (Å²) in [5.41, 5.74) is 0. The summed E-state index contributed by atoms with van der Waals surface area (Å²) in [6.07, 6.45) is 2.73. The Morgan fingerprint density at radius 2 is 2.32 bits per heavy atom. The van der Waals surface area contributed by atoms with Crippen molar-refractivity contribution in [3.8, 4) is 0 Å². The van der Waals surface area contributed by atoms with Crippen LogP contribution in [0, 0.1) is 6.92 Å². The number of nitrogens with one attached hydrogen (secondary N) is 1. The maximum atomic E-state index is 3.54. The summed E-state index contributed by atoms with van der Waals surface area (Å²) in [5, 5.41) is 3.54. The number of likely N-dealkylation sites (tertiary alicyclic amines) is 1. The summed E-state index contributed by atoms with van der Waals surface area (Å²) >= 11 is 1.89. The lowest BCUT2D eigenvalue weighted by Crippen LogP contribution is -2.39. The van der Waals surface area contributed by atoms with Gasteiger partial charge in [-0.1, -0.05) is 0 Å². The molecule has 1 unspecified atom stereocenters. The zero-order valence-electron chi connectivity index (χ0n) is 12.5. The molecular weight excluding hydrogens is 254 g/mol. The van der Waals surface area contributed by atoms with E-state index in [1.807, 2.05) is 11.3 Å². The van der Waals surface area contributed by atoms with E-state index in [1.165, 1.54) is 35.7 Å². The quantitative estimate of drug-likeness (QED) is 0.773. The molecule has 108 valence electrons. The third-order valence-corrected chi connectivity index (χ3v) is 4.96. The fraction of sp³-hybridized carbons (Fsp3) is 0.733. The first-order valence-electron chi connectivity index (χ1n) is 7.30. The minimum atomic E-state index is 0.768.